The summed E-state index contributed by atoms with van der Waals surface area (Å²) in [7, 11) is 0. The van der Waals surface area contributed by atoms with Crippen molar-refractivity contribution >= 4 is 17.4 Å². The van der Waals surface area contributed by atoms with Crippen molar-refractivity contribution in [3.63, 3.8) is 0 Å². The third-order valence-electron chi connectivity index (χ3n) is 3.29. The van der Waals surface area contributed by atoms with E-state index in [0.717, 1.165) is 32.0 Å². The minimum Gasteiger partial charge on any atom is -0.369 e. The number of aromatic nitrogens is 1. The molecule has 0 radical (unpaired) electrons. The summed E-state index contributed by atoms with van der Waals surface area (Å²) >= 11 is 6.09. The average Bonchev–Trinajstić information content (AvgIpc) is 2.86. The van der Waals surface area contributed by atoms with Gasteiger partial charge in [0.05, 0.1) is 16.3 Å². The summed E-state index contributed by atoms with van der Waals surface area (Å²) in [5.41, 5.74) is 1.25. The Morgan fingerprint density at radius 2 is 2.50 bits per heavy atom. The van der Waals surface area contributed by atoms with Gasteiger partial charge in [-0.15, -0.1) is 0 Å². The molecular formula is C13H17ClN4. The van der Waals surface area contributed by atoms with E-state index in [1.165, 1.54) is 6.42 Å². The first-order chi connectivity index (χ1) is 8.70. The average molecular weight is 265 g/mol. The van der Waals surface area contributed by atoms with E-state index in [-0.39, 0.29) is 0 Å². The number of halogens is 1. The van der Waals surface area contributed by atoms with Gasteiger partial charge in [0.1, 0.15) is 11.9 Å². The molecule has 1 atom stereocenters. The maximum absolute atomic E-state index is 8.88. The maximum Gasteiger partial charge on any atom is 0.145 e. The lowest BCUT2D eigenvalue weighted by Crippen LogP contribution is -2.13. The highest BCUT2D eigenvalue weighted by Gasteiger charge is 2.14. The van der Waals surface area contributed by atoms with Crippen LogP contribution in [-0.4, -0.2) is 24.6 Å². The summed E-state index contributed by atoms with van der Waals surface area (Å²) < 4.78 is 0. The highest BCUT2D eigenvalue weighted by molar-refractivity contribution is 6.33. The Bertz CT molecular complexity index is 461. The third-order valence-corrected chi connectivity index (χ3v) is 3.58. The van der Waals surface area contributed by atoms with Gasteiger partial charge in [0.25, 0.3) is 0 Å². The van der Waals surface area contributed by atoms with Gasteiger partial charge in [-0.2, -0.15) is 5.26 Å². The van der Waals surface area contributed by atoms with Gasteiger partial charge < -0.3 is 10.6 Å². The van der Waals surface area contributed by atoms with Crippen LogP contribution in [0.15, 0.2) is 6.07 Å². The molecule has 0 bridgehead atoms. The molecule has 2 N–H and O–H groups in total. The number of nitrogens with one attached hydrogen (secondary N) is 2. The molecule has 0 aromatic carbocycles. The van der Waals surface area contributed by atoms with E-state index in [1.807, 2.05) is 6.92 Å². The predicted molar refractivity (Wildman–Crippen MR) is 72.8 cm³/mol. The van der Waals surface area contributed by atoms with E-state index in [1.54, 1.807) is 6.07 Å². The molecule has 18 heavy (non-hydrogen) atoms. The van der Waals surface area contributed by atoms with Crippen molar-refractivity contribution in [2.75, 3.05) is 25.0 Å². The molecule has 2 rings (SSSR count). The van der Waals surface area contributed by atoms with Gasteiger partial charge in [-0.25, -0.2) is 4.98 Å². The first kappa shape index (κ1) is 13.1. The van der Waals surface area contributed by atoms with Crippen LogP contribution >= 0.6 is 11.6 Å². The van der Waals surface area contributed by atoms with Gasteiger partial charge in [-0.3, -0.25) is 0 Å². The number of anilines is 1. The first-order valence-electron chi connectivity index (χ1n) is 6.22. The topological polar surface area (TPSA) is 60.7 Å². The van der Waals surface area contributed by atoms with Gasteiger partial charge in [0.15, 0.2) is 0 Å². The highest BCUT2D eigenvalue weighted by Crippen LogP contribution is 2.22. The van der Waals surface area contributed by atoms with Crippen molar-refractivity contribution in [2.24, 2.45) is 5.92 Å². The molecule has 0 spiro atoms. The largest absolute Gasteiger partial charge is 0.369 e. The van der Waals surface area contributed by atoms with Crippen LogP contribution < -0.4 is 10.6 Å². The molecule has 1 aromatic heterocycles. The molecule has 1 aliphatic rings. The van der Waals surface area contributed by atoms with Gasteiger partial charge in [-0.05, 0) is 44.8 Å². The van der Waals surface area contributed by atoms with Crippen LogP contribution in [0, 0.1) is 24.2 Å². The molecule has 0 aliphatic carbocycles. The van der Waals surface area contributed by atoms with Crippen molar-refractivity contribution in [3.8, 4) is 6.07 Å². The quantitative estimate of drug-likeness (QED) is 0.876. The van der Waals surface area contributed by atoms with Crippen LogP contribution in [0.2, 0.25) is 5.02 Å². The summed E-state index contributed by atoms with van der Waals surface area (Å²) in [4.78, 5) is 4.33. The molecule has 1 saturated heterocycles. The van der Waals surface area contributed by atoms with Crippen LogP contribution in [-0.2, 0) is 0 Å². The Balaban J connectivity index is 1.92. The molecule has 0 amide bonds. The molecule has 5 heteroatoms. The zero-order chi connectivity index (χ0) is 13.0. The number of rotatable bonds is 4. The van der Waals surface area contributed by atoms with E-state index in [9.17, 15) is 0 Å². The Hall–Kier alpha value is -1.31. The highest BCUT2D eigenvalue weighted by atomic mass is 35.5. The van der Waals surface area contributed by atoms with Crippen LogP contribution in [0.1, 0.15) is 24.1 Å². The van der Waals surface area contributed by atoms with E-state index >= 15 is 0 Å². The summed E-state index contributed by atoms with van der Waals surface area (Å²) in [6, 6.07) is 3.75. The molecule has 1 unspecified atom stereocenters. The summed E-state index contributed by atoms with van der Waals surface area (Å²) in [6.45, 7) is 4.92. The number of hydrogen-bond donors (Lipinski definition) is 2. The Kier molecular flexibility index (Phi) is 4.40. The van der Waals surface area contributed by atoms with Crippen molar-refractivity contribution < 1.29 is 0 Å². The summed E-state index contributed by atoms with van der Waals surface area (Å²) in [5.74, 6) is 1.43. The fraction of sp³-hybridized carbons (Fsp3) is 0.538. The predicted octanol–water partition coefficient (Wildman–Crippen LogP) is 2.33. The van der Waals surface area contributed by atoms with E-state index < -0.39 is 0 Å². The second-order valence-corrected chi connectivity index (χ2v) is 5.05. The monoisotopic (exact) mass is 264 g/mol. The van der Waals surface area contributed by atoms with Crippen molar-refractivity contribution in [1.29, 1.82) is 5.26 Å². The maximum atomic E-state index is 8.88. The van der Waals surface area contributed by atoms with E-state index in [4.69, 9.17) is 16.9 Å². The normalized spacial score (nSPS) is 18.6. The standard InChI is InChI=1S/C13H17ClN4/c1-9-11(7-15)6-12(14)13(18-9)17-5-3-10-2-4-16-8-10/h6,10,16H,2-5,8H2,1H3,(H,17,18). The summed E-state index contributed by atoms with van der Waals surface area (Å²) in [6.07, 6.45) is 2.36. The second kappa shape index (κ2) is 6.03. The fourth-order valence-corrected chi connectivity index (χ4v) is 2.39. The van der Waals surface area contributed by atoms with Crippen LogP contribution in [0.5, 0.6) is 0 Å². The van der Waals surface area contributed by atoms with Gasteiger partial charge in [-0.1, -0.05) is 11.6 Å². The van der Waals surface area contributed by atoms with Crippen molar-refractivity contribution in [2.45, 2.75) is 19.8 Å². The van der Waals surface area contributed by atoms with Crippen LogP contribution in [0.3, 0.4) is 0 Å². The zero-order valence-corrected chi connectivity index (χ0v) is 11.2. The second-order valence-electron chi connectivity index (χ2n) is 4.64. The number of nitriles is 1. The SMILES string of the molecule is Cc1nc(NCCC2CCNC2)c(Cl)cc1C#N. The van der Waals surface area contributed by atoms with Gasteiger partial charge in [0.2, 0.25) is 0 Å². The Labute approximate surface area is 112 Å². The molecule has 1 fully saturated rings. The minimum atomic E-state index is 0.515. The molecule has 2 heterocycles. The lowest BCUT2D eigenvalue weighted by atomic mass is 10.1. The number of nitrogens with zero attached hydrogens (tertiary/aromatic N) is 2. The Morgan fingerprint density at radius 3 is 3.17 bits per heavy atom. The van der Waals surface area contributed by atoms with Crippen LogP contribution in [0.25, 0.3) is 0 Å². The van der Waals surface area contributed by atoms with Gasteiger partial charge in [0, 0.05) is 6.54 Å². The molecule has 1 aliphatic heterocycles. The molecule has 1 aromatic rings. The number of pyridine rings is 1. The molecule has 0 saturated carbocycles. The lowest BCUT2D eigenvalue weighted by Gasteiger charge is -2.11. The minimum absolute atomic E-state index is 0.515. The molecule has 4 nitrogen and oxygen atoms in total. The zero-order valence-electron chi connectivity index (χ0n) is 10.5. The molecular weight excluding hydrogens is 248 g/mol. The van der Waals surface area contributed by atoms with Crippen molar-refractivity contribution in [3.05, 3.63) is 22.3 Å². The van der Waals surface area contributed by atoms with Crippen molar-refractivity contribution in [1.82, 2.24) is 10.3 Å². The smallest absolute Gasteiger partial charge is 0.145 e. The van der Waals surface area contributed by atoms with E-state index in [2.05, 4.69) is 21.7 Å². The lowest BCUT2D eigenvalue weighted by molar-refractivity contribution is 0.549. The summed E-state index contributed by atoms with van der Waals surface area (Å²) in [5, 5.41) is 16.0. The van der Waals surface area contributed by atoms with Gasteiger partial charge >= 0.3 is 0 Å². The van der Waals surface area contributed by atoms with E-state index in [0.29, 0.717) is 22.1 Å². The Morgan fingerprint density at radius 1 is 1.67 bits per heavy atom. The number of aryl methyl sites for hydroxylation is 1. The fourth-order valence-electron chi connectivity index (χ4n) is 2.17. The number of hydrogen-bond acceptors (Lipinski definition) is 4. The first-order valence-corrected chi connectivity index (χ1v) is 6.60. The van der Waals surface area contributed by atoms with Crippen LogP contribution in [0.4, 0.5) is 5.82 Å². The molecule has 96 valence electrons. The third kappa shape index (κ3) is 3.12.